The number of ether oxygens (including phenoxy) is 4. The fourth-order valence-electron chi connectivity index (χ4n) is 10.5. The normalized spacial score (nSPS) is 31.6. The molecule has 4 fully saturated rings. The number of aliphatic hydroxyl groups excluding tert-OH is 8. The molecule has 2 aromatic rings. The van der Waals surface area contributed by atoms with Gasteiger partial charge in [0.25, 0.3) is 0 Å². The SMILES string of the molecule is C=C1N=C(N)C=CN1C1O[C@H](CCP(=C)(C)C)[C@@H](O)[C@H]1O.C=C1N=c2[nH]c(C)cc2=CN1C1O[C@H](CCP(=C)(C)C)[C@@H](O)[C@H]1O.C=C1NC(=NC)C=CN1C1O[C@H](CCP(=C)(C)C)[C@@H](O)[C@H]1O.C=P(C)(C)CC[C@H]1OC(n2ccc(=N)n(C)c2=O)[C@H](O)[C@@H]1O. The van der Waals surface area contributed by atoms with Crippen molar-refractivity contribution in [3.05, 3.63) is 112 Å². The topological polar surface area (TPSA) is 350 Å². The van der Waals surface area contributed by atoms with Crippen LogP contribution in [0.2, 0.25) is 0 Å². The highest BCUT2D eigenvalue weighted by molar-refractivity contribution is 7.73. The van der Waals surface area contributed by atoms with E-state index in [0.29, 0.717) is 54.8 Å². The first kappa shape index (κ1) is 73.4. The molecule has 498 valence electrons. The molecule has 89 heavy (non-hydrogen) atoms. The zero-order chi connectivity index (χ0) is 66.6. The molecule has 25 nitrogen and oxygen atoms in total. The molecule has 29 heteroatoms. The van der Waals surface area contributed by atoms with E-state index in [1.54, 1.807) is 46.3 Å². The second kappa shape index (κ2) is 30.0. The molecule has 0 aliphatic carbocycles. The van der Waals surface area contributed by atoms with E-state index in [4.69, 9.17) is 30.1 Å². The zero-order valence-electron chi connectivity index (χ0n) is 53.5. The van der Waals surface area contributed by atoms with E-state index in [-0.39, 0.29) is 11.6 Å². The number of aryl methyl sites for hydroxylation is 1. The molecule has 0 saturated carbocycles. The minimum absolute atomic E-state index is 0.0643. The van der Waals surface area contributed by atoms with E-state index in [1.807, 2.05) is 19.2 Å². The van der Waals surface area contributed by atoms with Gasteiger partial charge in [-0.1, -0.05) is 19.7 Å². The van der Waals surface area contributed by atoms with Gasteiger partial charge in [-0.15, -0.1) is 52.7 Å². The van der Waals surface area contributed by atoms with Crippen molar-refractivity contribution in [3.8, 4) is 0 Å². The number of nitrogens with zero attached hydrogens (tertiary/aromatic N) is 8. The fourth-order valence-corrected chi connectivity index (χ4v) is 14.3. The van der Waals surface area contributed by atoms with Gasteiger partial charge in [0.15, 0.2) is 24.9 Å². The minimum atomic E-state index is -1.25. The maximum Gasteiger partial charge on any atom is 0.331 e. The summed E-state index contributed by atoms with van der Waals surface area (Å²) in [5.41, 5.74) is 6.95. The van der Waals surface area contributed by atoms with Crippen LogP contribution in [-0.2, 0) is 26.0 Å². The Bertz CT molecular complexity index is 3470. The van der Waals surface area contributed by atoms with Crippen LogP contribution in [0.1, 0.15) is 37.6 Å². The van der Waals surface area contributed by atoms with Crippen LogP contribution in [0, 0.1) is 12.3 Å². The Balaban J connectivity index is 0.000000189. The largest absolute Gasteiger partial charge is 0.388 e. The molecule has 2 aromatic heterocycles. The van der Waals surface area contributed by atoms with Crippen molar-refractivity contribution in [2.45, 2.75) is 131 Å². The number of fused-ring (bicyclic) bond motifs is 1. The van der Waals surface area contributed by atoms with E-state index in [2.05, 4.69) is 124 Å². The lowest BCUT2D eigenvalue weighted by Gasteiger charge is -2.33. The number of aliphatic hydroxyl groups is 8. The summed E-state index contributed by atoms with van der Waals surface area (Å²) in [6, 6.07) is 3.42. The van der Waals surface area contributed by atoms with Gasteiger partial charge in [-0.25, -0.2) is 14.8 Å². The third-order valence-electron chi connectivity index (χ3n) is 15.7. The number of rotatable bonds is 16. The molecule has 0 radical (unpaired) electrons. The van der Waals surface area contributed by atoms with Crippen LogP contribution in [0.15, 0.2) is 99.9 Å². The molecule has 13 N–H and O–H groups in total. The highest BCUT2D eigenvalue weighted by Crippen LogP contribution is 2.42. The number of aromatic amines is 1. The second-order valence-electron chi connectivity index (χ2n) is 26.3. The molecule has 9 heterocycles. The highest BCUT2D eigenvalue weighted by Gasteiger charge is 2.49. The van der Waals surface area contributed by atoms with E-state index < -0.39 is 125 Å². The van der Waals surface area contributed by atoms with Gasteiger partial charge in [-0.05, 0) is 135 Å². The zero-order valence-corrected chi connectivity index (χ0v) is 57.1. The van der Waals surface area contributed by atoms with Crippen molar-refractivity contribution in [1.29, 1.82) is 5.41 Å². The molecule has 0 amide bonds. The third kappa shape index (κ3) is 19.5. The first-order valence-electron chi connectivity index (χ1n) is 29.4. The molecule has 7 aliphatic rings. The second-order valence-corrected chi connectivity index (χ2v) is 43.6. The van der Waals surface area contributed by atoms with Crippen LogP contribution in [0.5, 0.6) is 0 Å². The van der Waals surface area contributed by atoms with Crippen LogP contribution in [-0.4, -0.2) is 283 Å². The predicted octanol–water partition coefficient (Wildman–Crippen LogP) is 0.0392. The summed E-state index contributed by atoms with van der Waals surface area (Å²) in [5.74, 6) is 2.46. The van der Waals surface area contributed by atoms with Gasteiger partial charge in [0.2, 0.25) is 0 Å². The summed E-state index contributed by atoms with van der Waals surface area (Å²) in [4.78, 5) is 32.8. The molecule has 0 bridgehead atoms. The molecule has 4 unspecified atom stereocenters. The predicted molar refractivity (Wildman–Crippen MR) is 365 cm³/mol. The summed E-state index contributed by atoms with van der Waals surface area (Å²) >= 11 is 0. The van der Waals surface area contributed by atoms with Crippen molar-refractivity contribution in [2.75, 3.05) is 85.0 Å². The Labute approximate surface area is 523 Å². The Kier molecular flexibility index (Phi) is 24.7. The van der Waals surface area contributed by atoms with Crippen molar-refractivity contribution >= 4 is 70.6 Å². The molecule has 7 aliphatic heterocycles. The lowest BCUT2D eigenvalue weighted by atomic mass is 10.1. The fraction of sp³-hybridized carbons (Fsp3) is 0.583. The van der Waals surface area contributed by atoms with Gasteiger partial charge >= 0.3 is 5.69 Å². The Morgan fingerprint density at radius 2 is 1.01 bits per heavy atom. The summed E-state index contributed by atoms with van der Waals surface area (Å²) in [6.45, 7) is 25.8. The van der Waals surface area contributed by atoms with Crippen LogP contribution < -0.4 is 32.9 Å². The van der Waals surface area contributed by atoms with Gasteiger partial charge in [0.1, 0.15) is 88.9 Å². The Hall–Kier alpha value is -4.61. The summed E-state index contributed by atoms with van der Waals surface area (Å²) < 4.78 is 25.8. The molecule has 0 aromatic carbocycles. The third-order valence-corrected chi connectivity index (χ3v) is 21.6. The summed E-state index contributed by atoms with van der Waals surface area (Å²) in [5, 5.41) is 93.6. The minimum Gasteiger partial charge on any atom is -0.388 e. The quantitative estimate of drug-likeness (QED) is 0.0988. The smallest absolute Gasteiger partial charge is 0.331 e. The number of aromatic nitrogens is 3. The van der Waals surface area contributed by atoms with Crippen molar-refractivity contribution < 1.29 is 59.8 Å². The highest BCUT2D eigenvalue weighted by atomic mass is 31.2. The first-order valence-corrected chi connectivity index (χ1v) is 41.6. The number of aliphatic imine (C=N–C) groups is 2. The van der Waals surface area contributed by atoms with E-state index >= 15 is 0 Å². The van der Waals surface area contributed by atoms with Crippen LogP contribution >= 0.6 is 27.5 Å². The molecule has 4 saturated heterocycles. The summed E-state index contributed by atoms with van der Waals surface area (Å²) in [6.07, 6.45) is 20.2. The number of hydrogen-bond acceptors (Lipinski definition) is 21. The van der Waals surface area contributed by atoms with E-state index in [9.17, 15) is 45.6 Å². The molecular formula is C60H100N12O13P4. The maximum absolute atomic E-state index is 12.2. The summed E-state index contributed by atoms with van der Waals surface area (Å²) in [7, 11) is 3.16. The van der Waals surface area contributed by atoms with Crippen molar-refractivity contribution in [1.82, 2.24) is 34.1 Å². The number of amidine groups is 2. The number of nitrogens with two attached hydrogens (primary N) is 1. The van der Waals surface area contributed by atoms with Crippen molar-refractivity contribution in [3.63, 3.8) is 0 Å². The Morgan fingerprint density at radius 3 is 1.43 bits per heavy atom. The van der Waals surface area contributed by atoms with E-state index in [1.165, 1.54) is 23.9 Å². The van der Waals surface area contributed by atoms with Crippen LogP contribution in [0.25, 0.3) is 6.20 Å². The lowest BCUT2D eigenvalue weighted by Crippen LogP contribution is -2.46. The van der Waals surface area contributed by atoms with Gasteiger partial charge in [0, 0.05) is 49.8 Å². The van der Waals surface area contributed by atoms with Crippen molar-refractivity contribution in [2.24, 2.45) is 27.8 Å². The van der Waals surface area contributed by atoms with Crippen LogP contribution in [0.4, 0.5) is 0 Å². The average molecular weight is 1320 g/mol. The van der Waals surface area contributed by atoms with Gasteiger partial charge < -0.3 is 90.5 Å². The Morgan fingerprint density at radius 1 is 0.618 bits per heavy atom. The number of hydrogen-bond donors (Lipinski definition) is 12. The number of H-pyrrole nitrogens is 1. The molecule has 16 atom stereocenters. The average Bonchev–Trinajstić information content (AvgIpc) is 2.50. The van der Waals surface area contributed by atoms with Gasteiger partial charge in [-0.2, -0.15) is 0 Å². The van der Waals surface area contributed by atoms with Gasteiger partial charge in [0.05, 0.1) is 24.4 Å². The maximum atomic E-state index is 12.2. The molecular weight excluding hydrogens is 1220 g/mol. The molecule has 9 rings (SSSR count). The molecule has 0 spiro atoms. The van der Waals surface area contributed by atoms with Gasteiger partial charge in [-0.3, -0.25) is 19.5 Å². The number of nitrogens with one attached hydrogen (secondary N) is 3. The monoisotopic (exact) mass is 1320 g/mol. The lowest BCUT2D eigenvalue weighted by molar-refractivity contribution is -0.0590. The van der Waals surface area contributed by atoms with Crippen LogP contribution in [0.3, 0.4) is 0 Å². The standard InChI is InChI=1S/C17H26N3O3P.C15H26N3O3P.C14H24N3O4P.C14H24N3O3P/c1-10-8-12-9-20(11(2)19-16(12)18-10)17-15(22)14(21)13(23-17)6-7-24(3,4)5;1-10-17-12(16-2)6-8-18(10)15-14(20)13(19)11(21-15)7-9-22(3,4)5;1-16-10(15)5-7-17(14(16)20)13-12(19)11(18)9(21-13)6-8-22(2,3)4;1-9-16-11(15)5-7-17(9)14-13(19)12(18)10(20-14)6-8-21(2,3)4/h8-9,13-15,17,21-22H,2-3,6-7H2,1,4-5H3,(H,18,19);6,8,11,13-15,19-20H,1,3,7,9H2,2,4-5H3,(H,16,17);5,7,9,11-13,15,18-19H,2,6,8H2,1,3-4H3;5,7,10,12-14,18-19H,1-2,6,8H2,3-4H3,(H2,15,16)/t13-,14-,15-,17?;11-,13-,14-,15?;9-,11-,12-,13?;10-,12-,13-,14?/m1111/s1. The first-order chi connectivity index (χ1) is 41.2. The van der Waals surface area contributed by atoms with E-state index in [0.717, 1.165) is 45.6 Å².